The van der Waals surface area contributed by atoms with E-state index in [0.29, 0.717) is 22.5 Å². The van der Waals surface area contributed by atoms with Crippen molar-refractivity contribution in [2.45, 2.75) is 0 Å². The Morgan fingerprint density at radius 1 is 0.706 bits per heavy atom. The molecule has 0 unspecified atom stereocenters. The zero-order valence-electron chi connectivity index (χ0n) is 32.2. The SMILES string of the molecule is [2H]C([2H])([2H])n1cnc(-c2cccc(Nc3cc(Cl)nnc3C(=O)[O-])c2OC)n1.[2H]C([2H])([2H])n1cnc(-c2cccc(Nc3cc(Cl)nnc3C(=O)[O-])c2OC)n1.[Zn+2]. The Hall–Kier alpha value is -5.78. The Balaban J connectivity index is 0.000000248. The summed E-state index contributed by atoms with van der Waals surface area (Å²) < 4.78 is 56.6. The zero-order chi connectivity index (χ0) is 40.9. The Morgan fingerprint density at radius 3 is 1.45 bits per heavy atom. The number of hydrogen-bond acceptors (Lipinski definition) is 16. The van der Waals surface area contributed by atoms with E-state index in [1.54, 1.807) is 36.4 Å². The van der Waals surface area contributed by atoms with E-state index in [9.17, 15) is 19.8 Å². The molecule has 0 radical (unpaired) electrons. The number of aromatic nitrogens is 10. The molecule has 2 aromatic carbocycles. The molecule has 0 amide bonds. The van der Waals surface area contributed by atoms with Gasteiger partial charge in [0.05, 0.1) is 60.0 Å². The van der Waals surface area contributed by atoms with Crippen LogP contribution < -0.4 is 30.3 Å². The number of nitrogens with zero attached hydrogens (tertiary/aromatic N) is 10. The fourth-order valence-corrected chi connectivity index (χ4v) is 4.65. The summed E-state index contributed by atoms with van der Waals surface area (Å²) in [6.07, 6.45) is 2.17. The number of carboxylic acid groups (broad SMARTS) is 2. The number of ether oxygens (including phenoxy) is 2. The van der Waals surface area contributed by atoms with Crippen LogP contribution in [0, 0.1) is 0 Å². The number of benzene rings is 2. The molecule has 0 spiro atoms. The number of aryl methyl sites for hydroxylation is 2. The van der Waals surface area contributed by atoms with Crippen LogP contribution in [0.5, 0.6) is 11.5 Å². The zero-order valence-corrected chi connectivity index (χ0v) is 30.6. The van der Waals surface area contributed by atoms with Crippen LogP contribution in [0.1, 0.15) is 29.2 Å². The number of nitrogens with one attached hydrogen (secondary N) is 2. The first-order valence-electron chi connectivity index (χ1n) is 16.6. The van der Waals surface area contributed by atoms with Crippen molar-refractivity contribution in [3.05, 3.63) is 82.9 Å². The van der Waals surface area contributed by atoms with Crippen molar-refractivity contribution in [2.24, 2.45) is 14.0 Å². The van der Waals surface area contributed by atoms with Crippen LogP contribution in [-0.2, 0) is 33.4 Å². The molecule has 18 nitrogen and oxygen atoms in total. The fourth-order valence-electron chi connectivity index (χ4n) is 4.35. The fraction of sp³-hybridized carbons (Fsp3) is 0.133. The van der Waals surface area contributed by atoms with E-state index in [1.807, 2.05) is 0 Å². The van der Waals surface area contributed by atoms with Crippen molar-refractivity contribution in [1.82, 2.24) is 49.9 Å². The van der Waals surface area contributed by atoms with E-state index < -0.39 is 37.3 Å². The van der Waals surface area contributed by atoms with Crippen molar-refractivity contribution in [2.75, 3.05) is 24.9 Å². The molecule has 0 saturated heterocycles. The molecule has 0 atom stereocenters. The van der Waals surface area contributed by atoms with Crippen molar-refractivity contribution in [1.29, 1.82) is 0 Å². The van der Waals surface area contributed by atoms with Gasteiger partial charge in [0.1, 0.15) is 24.0 Å². The smallest absolute Gasteiger partial charge is 0.543 e. The third-order valence-electron chi connectivity index (χ3n) is 6.36. The number of methoxy groups -OCH3 is 2. The molecule has 6 aromatic rings. The minimum Gasteiger partial charge on any atom is -0.543 e. The topological polar surface area (TPSA) is 236 Å². The van der Waals surface area contributed by atoms with E-state index >= 15 is 0 Å². The van der Waals surface area contributed by atoms with Crippen molar-refractivity contribution >= 4 is 57.9 Å². The van der Waals surface area contributed by atoms with E-state index in [1.165, 1.54) is 26.4 Å². The van der Waals surface area contributed by atoms with Crippen LogP contribution in [0.15, 0.2) is 61.2 Å². The monoisotopic (exact) mass is 788 g/mol. The van der Waals surface area contributed by atoms with Gasteiger partial charge in [-0.25, -0.2) is 9.97 Å². The van der Waals surface area contributed by atoms with E-state index in [0.717, 1.165) is 22.0 Å². The Labute approximate surface area is 320 Å². The Bertz CT molecular complexity index is 2250. The molecule has 256 valence electrons. The molecule has 0 aliphatic rings. The third-order valence-corrected chi connectivity index (χ3v) is 6.73. The standard InChI is InChI=1S/2C15H13ClN6O3.Zn/c2*1-22-7-17-14(21-22)8-4-3-5-9(13(8)25-2)18-10-6-11(16)19-20-12(10)15(23)24;/h2*3-7H,1-2H3,(H,18,19)(H,23,24);/q;;+2/p-2/i2*1D3;. The largest absolute Gasteiger partial charge is 2.00 e. The van der Waals surface area contributed by atoms with Crippen LogP contribution in [0.25, 0.3) is 22.8 Å². The molecular weight excluding hydrogens is 761 g/mol. The average molecular weight is 791 g/mol. The number of carbonyl (C=O) groups is 2. The number of para-hydroxylation sites is 2. The molecule has 0 fully saturated rings. The maximum Gasteiger partial charge on any atom is 2.00 e. The number of hydrogen-bond donors (Lipinski definition) is 2. The summed E-state index contributed by atoms with van der Waals surface area (Å²) in [6, 6.07) is 12.3. The molecule has 4 heterocycles. The molecule has 0 saturated carbocycles. The summed E-state index contributed by atoms with van der Waals surface area (Å²) >= 11 is 11.6. The van der Waals surface area contributed by atoms with Crippen molar-refractivity contribution in [3.63, 3.8) is 0 Å². The predicted molar refractivity (Wildman–Crippen MR) is 175 cm³/mol. The molecular formula is C30H24Cl2N12O6Zn. The molecule has 6 rings (SSSR count). The summed E-state index contributed by atoms with van der Waals surface area (Å²) in [5.74, 6) is -2.35. The molecule has 4 aromatic heterocycles. The van der Waals surface area contributed by atoms with Crippen LogP contribution >= 0.6 is 23.2 Å². The van der Waals surface area contributed by atoms with Gasteiger partial charge in [-0.1, -0.05) is 35.3 Å². The first kappa shape index (κ1) is 30.1. The van der Waals surface area contributed by atoms with Crippen LogP contribution in [-0.4, -0.2) is 76.1 Å². The average Bonchev–Trinajstić information content (AvgIpc) is 3.83. The molecule has 0 aliphatic heterocycles. The summed E-state index contributed by atoms with van der Waals surface area (Å²) in [5.41, 5.74) is 0.655. The normalized spacial score (nSPS) is 12.5. The van der Waals surface area contributed by atoms with Gasteiger partial charge in [0.25, 0.3) is 0 Å². The molecule has 51 heavy (non-hydrogen) atoms. The van der Waals surface area contributed by atoms with Crippen molar-refractivity contribution in [3.8, 4) is 34.3 Å². The summed E-state index contributed by atoms with van der Waals surface area (Å²) in [5, 5.41) is 50.1. The van der Waals surface area contributed by atoms with Gasteiger partial charge >= 0.3 is 19.5 Å². The Kier molecular flexibility index (Phi) is 9.88. The quantitative estimate of drug-likeness (QED) is 0.189. The van der Waals surface area contributed by atoms with E-state index in [-0.39, 0.29) is 64.3 Å². The van der Waals surface area contributed by atoms with Gasteiger partial charge < -0.3 is 39.9 Å². The van der Waals surface area contributed by atoms with Gasteiger partial charge in [-0.2, -0.15) is 10.2 Å². The molecule has 21 heteroatoms. The molecule has 0 aliphatic carbocycles. The minimum absolute atomic E-state index is 0. The number of aromatic carboxylic acids is 2. The van der Waals surface area contributed by atoms with Crippen LogP contribution in [0.3, 0.4) is 0 Å². The first-order chi connectivity index (χ1) is 26.4. The first-order valence-corrected chi connectivity index (χ1v) is 14.4. The van der Waals surface area contributed by atoms with Gasteiger partial charge in [-0.15, -0.1) is 20.4 Å². The number of rotatable bonds is 10. The maximum absolute atomic E-state index is 11.3. The van der Waals surface area contributed by atoms with Gasteiger partial charge in [0.2, 0.25) is 0 Å². The molecule has 2 N–H and O–H groups in total. The van der Waals surface area contributed by atoms with Gasteiger partial charge in [0, 0.05) is 34.3 Å². The molecule has 0 bridgehead atoms. The van der Waals surface area contributed by atoms with Gasteiger partial charge in [-0.3, -0.25) is 9.36 Å². The second-order valence-corrected chi connectivity index (χ2v) is 10.3. The number of halogens is 2. The number of carboxylic acids is 2. The maximum atomic E-state index is 11.3. The summed E-state index contributed by atoms with van der Waals surface area (Å²) in [6.45, 7) is -4.95. The minimum atomic E-state index is -2.48. The van der Waals surface area contributed by atoms with Gasteiger partial charge in [-0.05, 0) is 24.3 Å². The summed E-state index contributed by atoms with van der Waals surface area (Å²) in [7, 11) is 2.78. The number of anilines is 4. The van der Waals surface area contributed by atoms with E-state index in [2.05, 4.69) is 51.2 Å². The second-order valence-electron chi connectivity index (χ2n) is 9.48. The van der Waals surface area contributed by atoms with Crippen molar-refractivity contribution < 1.29 is 57.0 Å². The summed E-state index contributed by atoms with van der Waals surface area (Å²) in [4.78, 5) is 30.5. The number of carbonyl (C=O) groups excluding carboxylic acids is 2. The predicted octanol–water partition coefficient (Wildman–Crippen LogP) is 2.08. The van der Waals surface area contributed by atoms with Crippen LogP contribution in [0.2, 0.25) is 10.3 Å². The Morgan fingerprint density at radius 2 is 1.12 bits per heavy atom. The van der Waals surface area contributed by atoms with E-state index in [4.69, 9.17) is 40.9 Å². The third kappa shape index (κ3) is 8.88. The van der Waals surface area contributed by atoms with Crippen LogP contribution in [0.4, 0.5) is 22.7 Å². The second kappa shape index (κ2) is 16.8. The van der Waals surface area contributed by atoms with Gasteiger partial charge in [0.15, 0.2) is 33.5 Å².